The molecule has 2 aliphatic heterocycles. The quantitative estimate of drug-likeness (QED) is 0.369. The van der Waals surface area contributed by atoms with Crippen molar-refractivity contribution in [2.24, 2.45) is 0 Å². The molecule has 3 aromatic rings. The second kappa shape index (κ2) is 11.5. The molecule has 2 N–H and O–H groups in total. The zero-order chi connectivity index (χ0) is 28.3. The molecule has 1 fully saturated rings. The van der Waals surface area contributed by atoms with Gasteiger partial charge in [-0.2, -0.15) is 10.2 Å². The van der Waals surface area contributed by atoms with Gasteiger partial charge in [-0.25, -0.2) is 13.4 Å². The van der Waals surface area contributed by atoms with Crippen LogP contribution >= 0.6 is 0 Å². The minimum Gasteiger partial charge on any atom is -0.438 e. The van der Waals surface area contributed by atoms with Gasteiger partial charge in [-0.3, -0.25) is 4.72 Å². The molecular formula is C29H32N6O4S. The highest BCUT2D eigenvalue weighted by molar-refractivity contribution is 7.92. The first kappa shape index (κ1) is 27.4. The molecule has 0 atom stereocenters. The summed E-state index contributed by atoms with van der Waals surface area (Å²) in [7, 11) is -3.30. The molecule has 0 unspecified atom stereocenters. The van der Waals surface area contributed by atoms with Gasteiger partial charge >= 0.3 is 0 Å². The molecule has 1 aromatic heterocycles. The standard InChI is InChI=1S/C29H32N6O4S/c1-19-15-21(5-4-12-30)16-20(2)27(19)39-28-25-17-38-18-26(25)32-29(33-28)31-22-10-13-35(14-11-22)24-8-6-23(7-9-24)34-40(3,36)37/h4-9,15-16,22,34H,10-11,13-14,17-18H2,1-3H3,(H,31,32,33)/b5-4+. The molecule has 10 nitrogen and oxygen atoms in total. The van der Waals surface area contributed by atoms with Crippen molar-refractivity contribution >= 4 is 33.4 Å². The van der Waals surface area contributed by atoms with Gasteiger partial charge in [-0.1, -0.05) is 0 Å². The van der Waals surface area contributed by atoms with E-state index in [1.165, 1.54) is 6.08 Å². The van der Waals surface area contributed by atoms with Gasteiger partial charge in [0.05, 0.1) is 36.8 Å². The average Bonchev–Trinajstić information content (AvgIpc) is 3.38. The third kappa shape index (κ3) is 6.52. The third-order valence-electron chi connectivity index (χ3n) is 6.94. The van der Waals surface area contributed by atoms with Crippen LogP contribution in [-0.4, -0.2) is 43.8 Å². The fourth-order valence-electron chi connectivity index (χ4n) is 5.06. The molecule has 0 spiro atoms. The van der Waals surface area contributed by atoms with Gasteiger partial charge in [-0.15, -0.1) is 0 Å². The Labute approximate surface area is 234 Å². The van der Waals surface area contributed by atoms with Crippen molar-refractivity contribution in [1.29, 1.82) is 5.26 Å². The van der Waals surface area contributed by atoms with Crippen molar-refractivity contribution in [1.82, 2.24) is 9.97 Å². The summed E-state index contributed by atoms with van der Waals surface area (Å²) in [5, 5.41) is 12.3. The highest BCUT2D eigenvalue weighted by atomic mass is 32.2. The molecule has 2 aromatic carbocycles. The Morgan fingerprint density at radius 1 is 1.10 bits per heavy atom. The topological polar surface area (TPSA) is 129 Å². The van der Waals surface area contributed by atoms with E-state index in [2.05, 4.69) is 14.9 Å². The summed E-state index contributed by atoms with van der Waals surface area (Å²) < 4.78 is 37.5. The van der Waals surface area contributed by atoms with Crippen molar-refractivity contribution in [2.45, 2.75) is 45.9 Å². The van der Waals surface area contributed by atoms with E-state index in [9.17, 15) is 8.42 Å². The molecule has 40 heavy (non-hydrogen) atoms. The molecular weight excluding hydrogens is 528 g/mol. The van der Waals surface area contributed by atoms with Gasteiger partial charge in [0.1, 0.15) is 5.75 Å². The summed E-state index contributed by atoms with van der Waals surface area (Å²) in [6.07, 6.45) is 6.17. The highest BCUT2D eigenvalue weighted by Gasteiger charge is 2.25. The maximum Gasteiger partial charge on any atom is 0.230 e. The number of benzene rings is 2. The number of hydrogen-bond donors (Lipinski definition) is 2. The van der Waals surface area contributed by atoms with Crippen molar-refractivity contribution in [3.8, 4) is 17.7 Å². The van der Waals surface area contributed by atoms with Crippen LogP contribution in [0, 0.1) is 25.2 Å². The molecule has 3 heterocycles. The van der Waals surface area contributed by atoms with Gasteiger partial charge in [-0.05, 0) is 85.9 Å². The number of ether oxygens (including phenoxy) is 2. The van der Waals surface area contributed by atoms with E-state index in [0.29, 0.717) is 30.7 Å². The van der Waals surface area contributed by atoms with E-state index in [-0.39, 0.29) is 6.04 Å². The lowest BCUT2D eigenvalue weighted by molar-refractivity contribution is 0.132. The Bertz CT molecular complexity index is 1550. The van der Waals surface area contributed by atoms with Crippen LogP contribution in [0.25, 0.3) is 6.08 Å². The maximum atomic E-state index is 11.5. The van der Waals surface area contributed by atoms with Crippen molar-refractivity contribution < 1.29 is 17.9 Å². The Morgan fingerprint density at radius 2 is 1.80 bits per heavy atom. The van der Waals surface area contributed by atoms with Crippen LogP contribution in [0.1, 0.15) is 40.8 Å². The minimum atomic E-state index is -3.30. The van der Waals surface area contributed by atoms with Crippen LogP contribution in [0.15, 0.2) is 42.5 Å². The summed E-state index contributed by atoms with van der Waals surface area (Å²) in [6, 6.07) is 13.6. The molecule has 2 aliphatic rings. The van der Waals surface area contributed by atoms with Crippen LogP contribution in [0.4, 0.5) is 17.3 Å². The summed E-state index contributed by atoms with van der Waals surface area (Å²) in [5.74, 6) is 1.76. The van der Waals surface area contributed by atoms with E-state index >= 15 is 0 Å². The number of nitriles is 1. The van der Waals surface area contributed by atoms with Crippen LogP contribution in [0.2, 0.25) is 0 Å². The fourth-order valence-corrected chi connectivity index (χ4v) is 5.62. The van der Waals surface area contributed by atoms with E-state index in [0.717, 1.165) is 71.6 Å². The van der Waals surface area contributed by atoms with E-state index in [1.807, 2.05) is 44.2 Å². The lowest BCUT2D eigenvalue weighted by Crippen LogP contribution is -2.39. The molecule has 0 bridgehead atoms. The van der Waals surface area contributed by atoms with E-state index in [1.54, 1.807) is 18.2 Å². The number of anilines is 3. The maximum absolute atomic E-state index is 11.5. The molecule has 208 valence electrons. The summed E-state index contributed by atoms with van der Waals surface area (Å²) in [6.45, 7) is 6.47. The van der Waals surface area contributed by atoms with Gasteiger partial charge in [0, 0.05) is 36.6 Å². The number of sulfonamides is 1. The molecule has 11 heteroatoms. The lowest BCUT2D eigenvalue weighted by Gasteiger charge is -2.34. The zero-order valence-electron chi connectivity index (χ0n) is 22.8. The first-order valence-electron chi connectivity index (χ1n) is 13.1. The fraction of sp³-hybridized carbons (Fsp3) is 0.345. The molecule has 0 radical (unpaired) electrons. The number of nitrogens with zero attached hydrogens (tertiary/aromatic N) is 4. The van der Waals surface area contributed by atoms with Crippen LogP contribution in [0.3, 0.4) is 0 Å². The number of aryl methyl sites for hydroxylation is 2. The van der Waals surface area contributed by atoms with Gasteiger partial charge in [0.25, 0.3) is 0 Å². The monoisotopic (exact) mass is 560 g/mol. The molecule has 0 aliphatic carbocycles. The molecule has 5 rings (SSSR count). The largest absolute Gasteiger partial charge is 0.438 e. The number of hydrogen-bond acceptors (Lipinski definition) is 9. The molecule has 0 saturated carbocycles. The number of rotatable bonds is 8. The van der Waals surface area contributed by atoms with Crippen LogP contribution in [0.5, 0.6) is 11.6 Å². The van der Waals surface area contributed by atoms with Gasteiger partial charge < -0.3 is 19.7 Å². The van der Waals surface area contributed by atoms with Crippen LogP contribution < -0.4 is 19.7 Å². The number of piperidine rings is 1. The van der Waals surface area contributed by atoms with Gasteiger partial charge in [0.2, 0.25) is 21.9 Å². The van der Waals surface area contributed by atoms with E-state index < -0.39 is 10.0 Å². The molecule has 1 saturated heterocycles. The predicted octanol–water partition coefficient (Wildman–Crippen LogP) is 4.91. The first-order valence-corrected chi connectivity index (χ1v) is 15.0. The second-order valence-electron chi connectivity index (χ2n) is 10.1. The van der Waals surface area contributed by atoms with Crippen molar-refractivity contribution in [2.75, 3.05) is 34.3 Å². The smallest absolute Gasteiger partial charge is 0.230 e. The molecule has 0 amide bonds. The van der Waals surface area contributed by atoms with E-state index in [4.69, 9.17) is 24.7 Å². The minimum absolute atomic E-state index is 0.199. The van der Waals surface area contributed by atoms with Gasteiger partial charge in [0.15, 0.2) is 0 Å². The van der Waals surface area contributed by atoms with Crippen LogP contribution in [-0.2, 0) is 28.0 Å². The summed E-state index contributed by atoms with van der Waals surface area (Å²) >= 11 is 0. The SMILES string of the molecule is Cc1cc(/C=C/C#N)cc(C)c1Oc1nc(NC2CCN(c3ccc(NS(C)(=O)=O)cc3)CC2)nc2c1COC2. The number of allylic oxidation sites excluding steroid dienone is 1. The highest BCUT2D eigenvalue weighted by Crippen LogP contribution is 2.35. The van der Waals surface area contributed by atoms with Crippen molar-refractivity contribution in [3.63, 3.8) is 0 Å². The number of fused-ring (bicyclic) bond motifs is 1. The Hall–Kier alpha value is -4.14. The lowest BCUT2D eigenvalue weighted by atomic mass is 10.0. The normalized spacial score (nSPS) is 15.6. The Kier molecular flexibility index (Phi) is 7.91. The number of aromatic nitrogens is 2. The first-order chi connectivity index (χ1) is 19.2. The average molecular weight is 561 g/mol. The van der Waals surface area contributed by atoms with Crippen molar-refractivity contribution in [3.05, 3.63) is 70.4 Å². The Balaban J connectivity index is 1.26. The zero-order valence-corrected chi connectivity index (χ0v) is 23.6. The second-order valence-corrected chi connectivity index (χ2v) is 11.9. The summed E-state index contributed by atoms with van der Waals surface area (Å²) in [4.78, 5) is 11.8. The third-order valence-corrected chi connectivity index (χ3v) is 7.54. The predicted molar refractivity (Wildman–Crippen MR) is 155 cm³/mol. The Morgan fingerprint density at radius 3 is 2.45 bits per heavy atom. The summed E-state index contributed by atoms with van der Waals surface area (Å²) in [5.41, 5.74) is 6.14. The number of nitrogens with one attached hydrogen (secondary N) is 2.